The van der Waals surface area contributed by atoms with E-state index in [4.69, 9.17) is 4.74 Å². The molecule has 0 radical (unpaired) electrons. The van der Waals surface area contributed by atoms with Gasteiger partial charge in [-0.1, -0.05) is 28.1 Å². The van der Waals surface area contributed by atoms with E-state index in [2.05, 4.69) is 25.8 Å². The highest BCUT2D eigenvalue weighted by atomic mass is 79.9. The van der Waals surface area contributed by atoms with E-state index < -0.39 is 17.7 Å². The molecule has 3 heterocycles. The number of halogens is 1. The van der Waals surface area contributed by atoms with E-state index in [0.717, 1.165) is 49.3 Å². The molecule has 31 heavy (non-hydrogen) atoms. The van der Waals surface area contributed by atoms with Gasteiger partial charge in [-0.05, 0) is 36.2 Å². The highest BCUT2D eigenvalue weighted by Gasteiger charge is 2.45. The van der Waals surface area contributed by atoms with Crippen molar-refractivity contribution in [2.24, 2.45) is 0 Å². The van der Waals surface area contributed by atoms with E-state index in [-0.39, 0.29) is 11.3 Å². The Morgan fingerprint density at radius 3 is 2.42 bits per heavy atom. The van der Waals surface area contributed by atoms with Crippen molar-refractivity contribution in [1.82, 2.24) is 14.8 Å². The molecule has 1 unspecified atom stereocenters. The van der Waals surface area contributed by atoms with Crippen LogP contribution in [0, 0.1) is 0 Å². The van der Waals surface area contributed by atoms with Crippen LogP contribution in [0.4, 0.5) is 0 Å². The SMILES string of the molecule is O=C1C(=O)N(CCCN2CCOCC2)C(c2ccc(Br)cc2)/C1=C(\O)c1ccncc1. The second kappa shape index (κ2) is 9.72. The van der Waals surface area contributed by atoms with Crippen LogP contribution in [-0.4, -0.2) is 71.0 Å². The molecular formula is C23H24BrN3O4. The number of amides is 1. The monoisotopic (exact) mass is 485 g/mol. The normalized spacial score (nSPS) is 21.6. The predicted molar refractivity (Wildman–Crippen MR) is 119 cm³/mol. The number of hydrogen-bond acceptors (Lipinski definition) is 6. The first kappa shape index (κ1) is 21.7. The molecule has 2 aliphatic heterocycles. The zero-order valence-electron chi connectivity index (χ0n) is 17.0. The Morgan fingerprint density at radius 1 is 1.06 bits per heavy atom. The van der Waals surface area contributed by atoms with E-state index in [1.165, 1.54) is 0 Å². The fourth-order valence-electron chi connectivity index (χ4n) is 4.06. The maximum Gasteiger partial charge on any atom is 0.295 e. The fraction of sp³-hybridized carbons (Fsp3) is 0.348. The molecule has 162 valence electrons. The Hall–Kier alpha value is -2.55. The Kier molecular flexibility index (Phi) is 6.80. The summed E-state index contributed by atoms with van der Waals surface area (Å²) in [5, 5.41) is 11.0. The summed E-state index contributed by atoms with van der Waals surface area (Å²) in [6.45, 7) is 4.43. The van der Waals surface area contributed by atoms with Gasteiger partial charge in [0.1, 0.15) is 5.76 Å². The summed E-state index contributed by atoms with van der Waals surface area (Å²) in [4.78, 5) is 33.8. The Labute approximate surface area is 189 Å². The number of aliphatic hydroxyl groups excluding tert-OH is 1. The number of benzene rings is 1. The molecule has 8 heteroatoms. The number of morpholine rings is 1. The van der Waals surface area contributed by atoms with Gasteiger partial charge in [0.25, 0.3) is 11.7 Å². The van der Waals surface area contributed by atoms with Gasteiger partial charge < -0.3 is 14.7 Å². The molecule has 0 bridgehead atoms. The van der Waals surface area contributed by atoms with E-state index >= 15 is 0 Å². The van der Waals surface area contributed by atoms with Crippen LogP contribution in [0.2, 0.25) is 0 Å². The quantitative estimate of drug-likeness (QED) is 0.384. The van der Waals surface area contributed by atoms with Crippen LogP contribution in [-0.2, 0) is 14.3 Å². The molecule has 0 saturated carbocycles. The Morgan fingerprint density at radius 2 is 1.74 bits per heavy atom. The van der Waals surface area contributed by atoms with Crippen molar-refractivity contribution in [3.05, 3.63) is 70.0 Å². The lowest BCUT2D eigenvalue weighted by Crippen LogP contribution is -2.38. The third kappa shape index (κ3) is 4.71. The number of likely N-dealkylation sites (tertiary alicyclic amines) is 1. The average Bonchev–Trinajstić information content (AvgIpc) is 3.05. The minimum Gasteiger partial charge on any atom is -0.507 e. The molecule has 1 atom stereocenters. The summed E-state index contributed by atoms with van der Waals surface area (Å²) in [7, 11) is 0. The van der Waals surface area contributed by atoms with Gasteiger partial charge in [-0.25, -0.2) is 0 Å². The van der Waals surface area contributed by atoms with Crippen LogP contribution in [0.15, 0.2) is 58.8 Å². The first-order valence-electron chi connectivity index (χ1n) is 10.3. The van der Waals surface area contributed by atoms with Crippen LogP contribution in [0.3, 0.4) is 0 Å². The topological polar surface area (TPSA) is 83.0 Å². The maximum absolute atomic E-state index is 13.0. The standard InChI is InChI=1S/C23H24BrN3O4/c24-18-4-2-16(3-5-18)20-19(21(28)17-6-8-25-9-7-17)22(29)23(30)27(20)11-1-10-26-12-14-31-15-13-26/h2-9,20,28H,1,10-15H2/b21-19+. The highest BCUT2D eigenvalue weighted by Crippen LogP contribution is 2.39. The second-order valence-corrected chi connectivity index (χ2v) is 8.50. The lowest BCUT2D eigenvalue weighted by molar-refractivity contribution is -0.140. The van der Waals surface area contributed by atoms with Crippen molar-refractivity contribution in [3.63, 3.8) is 0 Å². The van der Waals surface area contributed by atoms with E-state index in [1.807, 2.05) is 24.3 Å². The molecule has 2 saturated heterocycles. The zero-order valence-corrected chi connectivity index (χ0v) is 18.6. The van der Waals surface area contributed by atoms with E-state index in [0.29, 0.717) is 12.1 Å². The number of Topliss-reactive ketones (excluding diaryl/α,β-unsaturated/α-hetero) is 1. The summed E-state index contributed by atoms with van der Waals surface area (Å²) in [5.74, 6) is -1.41. The molecular weight excluding hydrogens is 462 g/mol. The maximum atomic E-state index is 13.0. The number of ether oxygens (including phenoxy) is 1. The van der Waals surface area contributed by atoms with Crippen LogP contribution in [0.25, 0.3) is 5.76 Å². The number of nitrogens with zero attached hydrogens (tertiary/aromatic N) is 3. The van der Waals surface area contributed by atoms with Crippen LogP contribution in [0.5, 0.6) is 0 Å². The molecule has 1 aromatic heterocycles. The van der Waals surface area contributed by atoms with Gasteiger partial charge in [0.2, 0.25) is 0 Å². The molecule has 0 aliphatic carbocycles. The number of aliphatic hydroxyl groups is 1. The second-order valence-electron chi connectivity index (χ2n) is 7.59. The lowest BCUT2D eigenvalue weighted by Gasteiger charge is -2.29. The summed E-state index contributed by atoms with van der Waals surface area (Å²) in [6, 6.07) is 10.1. The van der Waals surface area contributed by atoms with Crippen molar-refractivity contribution in [3.8, 4) is 0 Å². The highest BCUT2D eigenvalue weighted by molar-refractivity contribution is 9.10. The van der Waals surface area contributed by atoms with Crippen molar-refractivity contribution in [1.29, 1.82) is 0 Å². The largest absolute Gasteiger partial charge is 0.507 e. The fourth-order valence-corrected chi connectivity index (χ4v) is 4.32. The molecule has 2 aromatic rings. The smallest absolute Gasteiger partial charge is 0.295 e. The average molecular weight is 486 g/mol. The number of rotatable bonds is 6. The molecule has 1 amide bonds. The van der Waals surface area contributed by atoms with Crippen LogP contribution in [0.1, 0.15) is 23.6 Å². The molecule has 4 rings (SSSR count). The number of hydrogen-bond donors (Lipinski definition) is 1. The van der Waals surface area contributed by atoms with Gasteiger partial charge in [-0.3, -0.25) is 19.5 Å². The minimum absolute atomic E-state index is 0.116. The molecule has 0 spiro atoms. The van der Waals surface area contributed by atoms with Crippen molar-refractivity contribution < 1.29 is 19.4 Å². The first-order chi connectivity index (χ1) is 15.1. The summed E-state index contributed by atoms with van der Waals surface area (Å²) >= 11 is 3.43. The third-order valence-corrected chi connectivity index (χ3v) is 6.19. The molecule has 2 fully saturated rings. The number of ketones is 1. The molecule has 1 N–H and O–H groups in total. The number of aromatic nitrogens is 1. The first-order valence-corrected chi connectivity index (χ1v) is 11.1. The molecule has 1 aromatic carbocycles. The van der Waals surface area contributed by atoms with Crippen LogP contribution < -0.4 is 0 Å². The summed E-state index contributed by atoms with van der Waals surface area (Å²) < 4.78 is 6.28. The van der Waals surface area contributed by atoms with Gasteiger partial charge in [0.05, 0.1) is 24.8 Å². The van der Waals surface area contributed by atoms with Crippen molar-refractivity contribution >= 4 is 33.4 Å². The summed E-state index contributed by atoms with van der Waals surface area (Å²) in [5.41, 5.74) is 1.36. The minimum atomic E-state index is -0.659. The zero-order chi connectivity index (χ0) is 21.8. The van der Waals surface area contributed by atoms with E-state index in [9.17, 15) is 14.7 Å². The Balaban J connectivity index is 1.65. The molecule has 2 aliphatic rings. The predicted octanol–water partition coefficient (Wildman–Crippen LogP) is 2.99. The van der Waals surface area contributed by atoms with E-state index in [1.54, 1.807) is 29.4 Å². The summed E-state index contributed by atoms with van der Waals surface area (Å²) in [6.07, 6.45) is 3.82. The number of carbonyl (C=O) groups is 2. The molecule has 7 nitrogen and oxygen atoms in total. The van der Waals surface area contributed by atoms with Crippen molar-refractivity contribution in [2.75, 3.05) is 39.4 Å². The van der Waals surface area contributed by atoms with Gasteiger partial charge in [-0.15, -0.1) is 0 Å². The Bertz CT molecular complexity index is 972. The van der Waals surface area contributed by atoms with Gasteiger partial charge >= 0.3 is 0 Å². The van der Waals surface area contributed by atoms with Gasteiger partial charge in [0, 0.05) is 48.6 Å². The van der Waals surface area contributed by atoms with Gasteiger partial charge in [-0.2, -0.15) is 0 Å². The van der Waals surface area contributed by atoms with Crippen LogP contribution >= 0.6 is 15.9 Å². The lowest BCUT2D eigenvalue weighted by atomic mass is 9.95. The van der Waals surface area contributed by atoms with Gasteiger partial charge in [0.15, 0.2) is 0 Å². The number of pyridine rings is 1. The third-order valence-electron chi connectivity index (χ3n) is 5.66. The van der Waals surface area contributed by atoms with Crippen molar-refractivity contribution in [2.45, 2.75) is 12.5 Å². The number of carbonyl (C=O) groups excluding carboxylic acids is 2.